The number of hydrogen-bond donors (Lipinski definition) is 3. The maximum Gasteiger partial charge on any atom is 0.270 e. The second-order valence-corrected chi connectivity index (χ2v) is 9.58. The van der Waals surface area contributed by atoms with Crippen LogP contribution >= 0.6 is 23.6 Å². The van der Waals surface area contributed by atoms with Gasteiger partial charge < -0.3 is 5.32 Å². The van der Waals surface area contributed by atoms with E-state index < -0.39 is 0 Å². The van der Waals surface area contributed by atoms with Crippen LogP contribution in [0.3, 0.4) is 0 Å². The minimum atomic E-state index is -0.129. The highest BCUT2D eigenvalue weighted by atomic mass is 32.1. The van der Waals surface area contributed by atoms with Crippen molar-refractivity contribution in [2.75, 3.05) is 5.32 Å². The van der Waals surface area contributed by atoms with Gasteiger partial charge in [0.25, 0.3) is 5.91 Å². The van der Waals surface area contributed by atoms with Crippen molar-refractivity contribution in [2.45, 2.75) is 47.0 Å². The monoisotopic (exact) mass is 401 g/mol. The molecule has 0 bridgehead atoms. The zero-order valence-electron chi connectivity index (χ0n) is 16.3. The van der Waals surface area contributed by atoms with Crippen molar-refractivity contribution >= 4 is 40.3 Å². The lowest BCUT2D eigenvalue weighted by atomic mass is 9.72. The van der Waals surface area contributed by atoms with Crippen LogP contribution in [0.2, 0.25) is 0 Å². The highest BCUT2D eigenvalue weighted by molar-refractivity contribution is 7.80. The number of benzene rings is 1. The van der Waals surface area contributed by atoms with Gasteiger partial charge in [0, 0.05) is 15.9 Å². The quantitative estimate of drug-likeness (QED) is 0.498. The molecule has 0 saturated heterocycles. The van der Waals surface area contributed by atoms with E-state index in [4.69, 9.17) is 12.2 Å². The number of hydrazine groups is 1. The predicted molar refractivity (Wildman–Crippen MR) is 117 cm³/mol. The maximum absolute atomic E-state index is 12.6. The summed E-state index contributed by atoms with van der Waals surface area (Å²) in [6.07, 6.45) is 3.17. The fourth-order valence-corrected chi connectivity index (χ4v) is 4.81. The molecule has 3 N–H and O–H groups in total. The highest BCUT2D eigenvalue weighted by Gasteiger charge is 2.31. The first-order valence-electron chi connectivity index (χ1n) is 9.28. The fraction of sp³-hybridized carbons (Fsp3) is 0.429. The standard InChI is InChI=1S/C21H27N3OS2/c1-13-7-5-6-8-17(13)22-20(26)24-23-19(25)16-12-27-18-11-14(21(2,3)4)9-10-15(16)18/h5-8,12,14H,9-11H2,1-4H3,(H,23,25)(H2,22,24,26)/t14-/m1/s1. The zero-order valence-corrected chi connectivity index (χ0v) is 17.9. The normalized spacial score (nSPS) is 16.4. The fourth-order valence-electron chi connectivity index (χ4n) is 3.49. The lowest BCUT2D eigenvalue weighted by Crippen LogP contribution is -2.44. The van der Waals surface area contributed by atoms with Crippen LogP contribution in [0.15, 0.2) is 29.6 Å². The number of fused-ring (bicyclic) bond motifs is 1. The molecular weight excluding hydrogens is 374 g/mol. The maximum atomic E-state index is 12.6. The Labute approximate surface area is 170 Å². The molecule has 1 aliphatic rings. The minimum Gasteiger partial charge on any atom is -0.331 e. The Bertz CT molecular complexity index is 851. The minimum absolute atomic E-state index is 0.129. The van der Waals surface area contributed by atoms with Crippen molar-refractivity contribution in [3.05, 3.63) is 51.2 Å². The number of aryl methyl sites for hydroxylation is 1. The highest BCUT2D eigenvalue weighted by Crippen LogP contribution is 2.40. The first-order chi connectivity index (χ1) is 12.8. The van der Waals surface area contributed by atoms with Gasteiger partial charge in [0.05, 0.1) is 5.56 Å². The van der Waals surface area contributed by atoms with E-state index in [1.54, 1.807) is 11.3 Å². The lowest BCUT2D eigenvalue weighted by molar-refractivity contribution is 0.0943. The molecule has 0 aliphatic heterocycles. The molecule has 1 aromatic carbocycles. The van der Waals surface area contributed by atoms with Gasteiger partial charge in [0.2, 0.25) is 0 Å². The van der Waals surface area contributed by atoms with Crippen molar-refractivity contribution in [3.8, 4) is 0 Å². The molecule has 6 heteroatoms. The van der Waals surface area contributed by atoms with Gasteiger partial charge in [-0.05, 0) is 66.9 Å². The molecule has 1 heterocycles. The third-order valence-corrected chi connectivity index (χ3v) is 6.56. The van der Waals surface area contributed by atoms with Gasteiger partial charge in [-0.1, -0.05) is 39.0 Å². The van der Waals surface area contributed by atoms with E-state index in [1.165, 1.54) is 10.4 Å². The molecule has 0 fully saturated rings. The Kier molecular flexibility index (Phi) is 5.86. The number of para-hydroxylation sites is 1. The summed E-state index contributed by atoms with van der Waals surface area (Å²) in [5.74, 6) is 0.541. The summed E-state index contributed by atoms with van der Waals surface area (Å²) >= 11 is 6.99. The first kappa shape index (κ1) is 19.8. The van der Waals surface area contributed by atoms with Crippen LogP contribution in [-0.4, -0.2) is 11.0 Å². The van der Waals surface area contributed by atoms with Gasteiger partial charge in [-0.3, -0.25) is 15.6 Å². The molecular formula is C21H27N3OS2. The number of nitrogens with one attached hydrogen (secondary N) is 3. The van der Waals surface area contributed by atoms with Crippen molar-refractivity contribution < 1.29 is 4.79 Å². The van der Waals surface area contributed by atoms with E-state index in [0.29, 0.717) is 16.4 Å². The van der Waals surface area contributed by atoms with Crippen molar-refractivity contribution in [1.82, 2.24) is 10.9 Å². The third-order valence-electron chi connectivity index (χ3n) is 5.31. The van der Waals surface area contributed by atoms with Crippen molar-refractivity contribution in [1.29, 1.82) is 0 Å². The molecule has 1 amide bonds. The average molecular weight is 402 g/mol. The number of carbonyl (C=O) groups excluding carboxylic acids is 1. The van der Waals surface area contributed by atoms with E-state index in [1.807, 2.05) is 36.6 Å². The Morgan fingerprint density at radius 2 is 1.96 bits per heavy atom. The number of thiophene rings is 1. The largest absolute Gasteiger partial charge is 0.331 e. The molecule has 0 saturated carbocycles. The molecule has 0 spiro atoms. The van der Waals surface area contributed by atoms with E-state index in [-0.39, 0.29) is 5.91 Å². The summed E-state index contributed by atoms with van der Waals surface area (Å²) in [4.78, 5) is 14.0. The van der Waals surface area contributed by atoms with Gasteiger partial charge in [-0.2, -0.15) is 0 Å². The summed E-state index contributed by atoms with van der Waals surface area (Å²) in [6, 6.07) is 7.87. The SMILES string of the molecule is Cc1ccccc1NC(=S)NNC(=O)c1csc2c1CC[C@@H](C(C)(C)C)C2. The summed E-state index contributed by atoms with van der Waals surface area (Å²) in [6.45, 7) is 8.91. The molecule has 2 aromatic rings. The Morgan fingerprint density at radius 1 is 1.22 bits per heavy atom. The average Bonchev–Trinajstić information content (AvgIpc) is 3.04. The van der Waals surface area contributed by atoms with Gasteiger partial charge >= 0.3 is 0 Å². The molecule has 1 aliphatic carbocycles. The second kappa shape index (κ2) is 7.98. The first-order valence-corrected chi connectivity index (χ1v) is 10.6. The molecule has 1 atom stereocenters. The molecule has 3 rings (SSSR count). The van der Waals surface area contributed by atoms with Crippen molar-refractivity contribution in [3.63, 3.8) is 0 Å². The topological polar surface area (TPSA) is 53.2 Å². The van der Waals surface area contributed by atoms with Gasteiger partial charge in [0.15, 0.2) is 5.11 Å². The smallest absolute Gasteiger partial charge is 0.270 e. The van der Waals surface area contributed by atoms with Crippen LogP contribution < -0.4 is 16.2 Å². The van der Waals surface area contributed by atoms with Crippen LogP contribution in [0.5, 0.6) is 0 Å². The van der Waals surface area contributed by atoms with Crippen LogP contribution in [0.4, 0.5) is 5.69 Å². The summed E-state index contributed by atoms with van der Waals surface area (Å²) in [5, 5.41) is 5.45. The van der Waals surface area contributed by atoms with Crippen LogP contribution in [0, 0.1) is 18.3 Å². The second-order valence-electron chi connectivity index (χ2n) is 8.21. The van der Waals surface area contributed by atoms with Gasteiger partial charge in [0.1, 0.15) is 0 Å². The van der Waals surface area contributed by atoms with E-state index in [9.17, 15) is 4.79 Å². The molecule has 1 aromatic heterocycles. The molecule has 4 nitrogen and oxygen atoms in total. The Balaban J connectivity index is 1.59. The summed E-state index contributed by atoms with van der Waals surface area (Å²) in [5.41, 5.74) is 9.84. The van der Waals surface area contributed by atoms with Gasteiger partial charge in [-0.25, -0.2) is 0 Å². The van der Waals surface area contributed by atoms with Gasteiger partial charge in [-0.15, -0.1) is 11.3 Å². The summed E-state index contributed by atoms with van der Waals surface area (Å²) in [7, 11) is 0. The number of anilines is 1. The number of hydrogen-bond acceptors (Lipinski definition) is 3. The van der Waals surface area contributed by atoms with E-state index >= 15 is 0 Å². The molecule has 0 radical (unpaired) electrons. The predicted octanol–water partition coefficient (Wildman–Crippen LogP) is 4.84. The summed E-state index contributed by atoms with van der Waals surface area (Å²) < 4.78 is 0. The lowest BCUT2D eigenvalue weighted by Gasteiger charge is -2.34. The number of carbonyl (C=O) groups is 1. The molecule has 27 heavy (non-hydrogen) atoms. The third kappa shape index (κ3) is 4.68. The number of rotatable bonds is 2. The zero-order chi connectivity index (χ0) is 19.6. The molecule has 144 valence electrons. The van der Waals surface area contributed by atoms with Crippen LogP contribution in [0.25, 0.3) is 0 Å². The van der Waals surface area contributed by atoms with Crippen LogP contribution in [0.1, 0.15) is 53.6 Å². The van der Waals surface area contributed by atoms with E-state index in [2.05, 4.69) is 36.9 Å². The Hall–Kier alpha value is -1.92. The molecule has 0 unspecified atom stereocenters. The Morgan fingerprint density at radius 3 is 2.67 bits per heavy atom. The van der Waals surface area contributed by atoms with Crippen molar-refractivity contribution in [2.24, 2.45) is 11.3 Å². The number of thiocarbonyl (C=S) groups is 1. The van der Waals surface area contributed by atoms with E-state index in [0.717, 1.165) is 36.1 Å². The number of amides is 1. The van der Waals surface area contributed by atoms with Crippen LogP contribution in [-0.2, 0) is 12.8 Å².